The van der Waals surface area contributed by atoms with E-state index in [0.29, 0.717) is 21.6 Å². The maximum absolute atomic E-state index is 12.6. The van der Waals surface area contributed by atoms with Crippen LogP contribution in [0.2, 0.25) is 0 Å². The second-order valence-electron chi connectivity index (χ2n) is 5.72. The van der Waals surface area contributed by atoms with E-state index in [2.05, 4.69) is 20.3 Å². The van der Waals surface area contributed by atoms with Crippen LogP contribution in [0.3, 0.4) is 0 Å². The van der Waals surface area contributed by atoms with Gasteiger partial charge in [-0.3, -0.25) is 14.9 Å². The Kier molecular flexibility index (Phi) is 6.83. The van der Waals surface area contributed by atoms with Crippen molar-refractivity contribution in [1.29, 1.82) is 0 Å². The first-order valence-electron chi connectivity index (χ1n) is 8.59. The molecule has 0 saturated carbocycles. The third kappa shape index (κ3) is 4.99. The predicted molar refractivity (Wildman–Crippen MR) is 110 cm³/mol. The zero-order chi connectivity index (χ0) is 19.9. The first kappa shape index (κ1) is 20.1. The third-order valence-corrected chi connectivity index (χ3v) is 5.81. The van der Waals surface area contributed by atoms with Gasteiger partial charge in [-0.05, 0) is 17.9 Å². The highest BCUT2D eigenvalue weighted by Crippen LogP contribution is 2.28. The monoisotopic (exact) mass is 417 g/mol. The van der Waals surface area contributed by atoms with Crippen molar-refractivity contribution in [3.8, 4) is 5.75 Å². The van der Waals surface area contributed by atoms with Gasteiger partial charge < -0.3 is 9.47 Å². The van der Waals surface area contributed by atoms with Crippen LogP contribution in [0.4, 0.5) is 5.13 Å². The average Bonchev–Trinajstić information content (AvgIpc) is 3.17. The fourth-order valence-electron chi connectivity index (χ4n) is 2.46. The fourth-order valence-corrected chi connectivity index (χ4v) is 4.05. The minimum absolute atomic E-state index is 0.140. The molecule has 3 rings (SSSR count). The number of rotatable bonds is 8. The molecule has 0 aliphatic heterocycles. The van der Waals surface area contributed by atoms with Crippen LogP contribution >= 0.6 is 23.1 Å². The molecular formula is C19H19N3O4S2. The zero-order valence-corrected chi connectivity index (χ0v) is 17.0. The molecule has 1 heterocycles. The van der Waals surface area contributed by atoms with Gasteiger partial charge in [0.25, 0.3) is 5.91 Å². The summed E-state index contributed by atoms with van der Waals surface area (Å²) in [6, 6.07) is 13.6. The molecule has 0 fully saturated rings. The minimum Gasteiger partial charge on any atom is -0.480 e. The smallest absolute Gasteiger partial charge is 0.316 e. The zero-order valence-electron chi connectivity index (χ0n) is 15.4. The number of ether oxygens (including phenoxy) is 2. The van der Waals surface area contributed by atoms with E-state index in [1.54, 1.807) is 0 Å². The largest absolute Gasteiger partial charge is 0.480 e. The Hall–Kier alpha value is -2.65. The molecule has 3 aromatic rings. The van der Waals surface area contributed by atoms with Gasteiger partial charge in [-0.2, -0.15) is 0 Å². The lowest BCUT2D eigenvalue weighted by Crippen LogP contribution is -2.32. The van der Waals surface area contributed by atoms with Crippen LogP contribution < -0.4 is 10.1 Å². The van der Waals surface area contributed by atoms with Crippen LogP contribution in [-0.4, -0.2) is 41.0 Å². The van der Waals surface area contributed by atoms with Gasteiger partial charge in [0.2, 0.25) is 5.13 Å². The number of methoxy groups -OCH3 is 1. The van der Waals surface area contributed by atoms with Gasteiger partial charge in [0, 0.05) is 5.39 Å². The third-order valence-electron chi connectivity index (χ3n) is 3.86. The van der Waals surface area contributed by atoms with Crippen molar-refractivity contribution < 1.29 is 19.1 Å². The number of thioether (sulfide) groups is 1. The highest BCUT2D eigenvalue weighted by molar-refractivity contribution is 8.01. The van der Waals surface area contributed by atoms with Crippen molar-refractivity contribution >= 4 is 50.9 Å². The molecule has 0 bridgehead atoms. The number of amides is 1. The Bertz CT molecular complexity index is 971. The van der Waals surface area contributed by atoms with E-state index in [-0.39, 0.29) is 17.6 Å². The summed E-state index contributed by atoms with van der Waals surface area (Å²) in [4.78, 5) is 23.8. The molecule has 0 aliphatic carbocycles. The van der Waals surface area contributed by atoms with Crippen LogP contribution in [0.25, 0.3) is 10.8 Å². The number of nitrogens with one attached hydrogen (secondary N) is 1. The van der Waals surface area contributed by atoms with Gasteiger partial charge in [-0.15, -0.1) is 10.2 Å². The molecule has 0 aliphatic rings. The molecule has 9 heteroatoms. The first-order valence-corrected chi connectivity index (χ1v) is 10.4. The SMILES string of the molecule is CCC(Oc1cccc2ccccc12)C(=O)Nc1nnc(SCC(=O)OC)s1. The predicted octanol–water partition coefficient (Wildman–Crippen LogP) is 3.75. The van der Waals surface area contributed by atoms with Gasteiger partial charge in [0.05, 0.1) is 12.9 Å². The number of aromatic nitrogens is 2. The standard InChI is InChI=1S/C19H19N3O4S2/c1-3-14(26-15-10-6-8-12-7-4-5-9-13(12)15)17(24)20-18-21-22-19(28-18)27-11-16(23)25-2/h4-10,14H,3,11H2,1-2H3,(H,20,21,24). The number of carbonyl (C=O) groups excluding carboxylic acids is 2. The molecule has 1 N–H and O–H groups in total. The molecule has 1 aromatic heterocycles. The highest BCUT2D eigenvalue weighted by atomic mass is 32.2. The Morgan fingerprint density at radius 2 is 1.96 bits per heavy atom. The molecule has 0 radical (unpaired) electrons. The summed E-state index contributed by atoms with van der Waals surface area (Å²) in [5.74, 6) is 0.157. The van der Waals surface area contributed by atoms with Crippen molar-refractivity contribution in [1.82, 2.24) is 10.2 Å². The van der Waals surface area contributed by atoms with Crippen molar-refractivity contribution in [3.05, 3.63) is 42.5 Å². The summed E-state index contributed by atoms with van der Waals surface area (Å²) < 4.78 is 11.1. The van der Waals surface area contributed by atoms with Crippen LogP contribution in [0.15, 0.2) is 46.8 Å². The molecular weight excluding hydrogens is 398 g/mol. The Morgan fingerprint density at radius 3 is 2.75 bits per heavy atom. The number of fused-ring (bicyclic) bond motifs is 1. The summed E-state index contributed by atoms with van der Waals surface area (Å²) in [7, 11) is 1.33. The minimum atomic E-state index is -0.666. The van der Waals surface area contributed by atoms with E-state index in [0.717, 1.165) is 10.8 Å². The lowest BCUT2D eigenvalue weighted by Gasteiger charge is -2.17. The molecule has 0 saturated heterocycles. The second-order valence-corrected chi connectivity index (χ2v) is 7.92. The van der Waals surface area contributed by atoms with Crippen LogP contribution in [0, 0.1) is 0 Å². The van der Waals surface area contributed by atoms with Gasteiger partial charge >= 0.3 is 5.97 Å². The summed E-state index contributed by atoms with van der Waals surface area (Å²) in [5, 5.41) is 13.0. The van der Waals surface area contributed by atoms with E-state index in [1.807, 2.05) is 49.4 Å². The highest BCUT2D eigenvalue weighted by Gasteiger charge is 2.21. The number of hydrogen-bond acceptors (Lipinski definition) is 8. The summed E-state index contributed by atoms with van der Waals surface area (Å²) in [6.07, 6.45) is -0.168. The van der Waals surface area contributed by atoms with Crippen LogP contribution in [0.1, 0.15) is 13.3 Å². The second kappa shape index (κ2) is 9.52. The maximum Gasteiger partial charge on any atom is 0.316 e. The normalized spacial score (nSPS) is 11.8. The van der Waals surface area contributed by atoms with Crippen LogP contribution in [0.5, 0.6) is 5.75 Å². The van der Waals surface area contributed by atoms with E-state index in [9.17, 15) is 9.59 Å². The topological polar surface area (TPSA) is 90.4 Å². The Labute approximate surface area is 170 Å². The van der Waals surface area contributed by atoms with Gasteiger partial charge in [0.15, 0.2) is 10.4 Å². The van der Waals surface area contributed by atoms with E-state index >= 15 is 0 Å². The van der Waals surface area contributed by atoms with E-state index in [1.165, 1.54) is 30.2 Å². The number of carbonyl (C=O) groups is 2. The lowest BCUT2D eigenvalue weighted by molar-refractivity contribution is -0.137. The molecule has 7 nitrogen and oxygen atoms in total. The first-order chi connectivity index (χ1) is 13.6. The molecule has 1 amide bonds. The number of benzene rings is 2. The number of esters is 1. The molecule has 1 atom stereocenters. The molecule has 1 unspecified atom stereocenters. The van der Waals surface area contributed by atoms with Crippen molar-refractivity contribution in [2.24, 2.45) is 0 Å². The van der Waals surface area contributed by atoms with E-state index in [4.69, 9.17) is 4.74 Å². The molecule has 28 heavy (non-hydrogen) atoms. The quantitative estimate of drug-likeness (QED) is 0.339. The van der Waals surface area contributed by atoms with Crippen LogP contribution in [-0.2, 0) is 14.3 Å². The van der Waals surface area contributed by atoms with Crippen molar-refractivity contribution in [2.75, 3.05) is 18.2 Å². The molecule has 2 aromatic carbocycles. The summed E-state index contributed by atoms with van der Waals surface area (Å²) in [6.45, 7) is 1.88. The Balaban J connectivity index is 1.65. The summed E-state index contributed by atoms with van der Waals surface area (Å²) >= 11 is 2.40. The van der Waals surface area contributed by atoms with Gasteiger partial charge in [-0.25, -0.2) is 0 Å². The number of anilines is 1. The average molecular weight is 418 g/mol. The van der Waals surface area contributed by atoms with Gasteiger partial charge in [0.1, 0.15) is 5.75 Å². The summed E-state index contributed by atoms with van der Waals surface area (Å²) in [5.41, 5.74) is 0. The Morgan fingerprint density at radius 1 is 1.18 bits per heavy atom. The molecule has 0 spiro atoms. The van der Waals surface area contributed by atoms with Gasteiger partial charge in [-0.1, -0.05) is 66.4 Å². The lowest BCUT2D eigenvalue weighted by atomic mass is 10.1. The van der Waals surface area contributed by atoms with Crippen molar-refractivity contribution in [3.63, 3.8) is 0 Å². The number of hydrogen-bond donors (Lipinski definition) is 1. The molecule has 146 valence electrons. The maximum atomic E-state index is 12.6. The van der Waals surface area contributed by atoms with Crippen molar-refractivity contribution in [2.45, 2.75) is 23.8 Å². The fraction of sp³-hybridized carbons (Fsp3) is 0.263. The van der Waals surface area contributed by atoms with E-state index < -0.39 is 6.10 Å². The number of nitrogens with zero attached hydrogens (tertiary/aromatic N) is 2.